The van der Waals surface area contributed by atoms with E-state index in [1.165, 1.54) is 0 Å². The fraction of sp³-hybridized carbons (Fsp3) is 0.857. The fourth-order valence-corrected chi connectivity index (χ4v) is 3.52. The molecule has 2 rings (SSSR count). The Labute approximate surface area is 114 Å². The summed E-state index contributed by atoms with van der Waals surface area (Å²) in [6, 6.07) is 0.129. The number of hydrogen-bond acceptors (Lipinski definition) is 3. The number of carbonyl (C=O) groups is 2. The van der Waals surface area contributed by atoms with Gasteiger partial charge < -0.3 is 16.0 Å². The summed E-state index contributed by atoms with van der Waals surface area (Å²) < 4.78 is 0. The van der Waals surface area contributed by atoms with Gasteiger partial charge in [0.2, 0.25) is 11.8 Å². The molecule has 108 valence electrons. The molecule has 2 amide bonds. The molecule has 0 spiro atoms. The number of nitrogens with two attached hydrogens (primary N) is 1. The lowest BCUT2D eigenvalue weighted by Crippen LogP contribution is -2.51. The van der Waals surface area contributed by atoms with Crippen LogP contribution in [-0.4, -0.2) is 42.4 Å². The van der Waals surface area contributed by atoms with E-state index in [-0.39, 0.29) is 23.9 Å². The summed E-state index contributed by atoms with van der Waals surface area (Å²) in [6.07, 6.45) is 5.93. The Balaban J connectivity index is 2.16. The van der Waals surface area contributed by atoms with Crippen molar-refractivity contribution in [2.75, 3.05) is 19.6 Å². The molecule has 5 heteroatoms. The molecule has 0 aromatic rings. The van der Waals surface area contributed by atoms with E-state index in [2.05, 4.69) is 12.2 Å². The van der Waals surface area contributed by atoms with E-state index < -0.39 is 5.91 Å². The maximum Gasteiger partial charge on any atom is 0.237 e. The van der Waals surface area contributed by atoms with E-state index in [1.807, 2.05) is 0 Å². The van der Waals surface area contributed by atoms with Crippen molar-refractivity contribution >= 4 is 11.8 Å². The highest BCUT2D eigenvalue weighted by atomic mass is 16.2. The summed E-state index contributed by atoms with van der Waals surface area (Å²) >= 11 is 0. The van der Waals surface area contributed by atoms with Gasteiger partial charge in [-0.3, -0.25) is 9.59 Å². The highest BCUT2D eigenvalue weighted by Crippen LogP contribution is 2.43. The minimum Gasteiger partial charge on any atom is -0.368 e. The fourth-order valence-electron chi connectivity index (χ4n) is 3.52. The van der Waals surface area contributed by atoms with E-state index in [9.17, 15) is 9.59 Å². The zero-order valence-electron chi connectivity index (χ0n) is 11.8. The SMILES string of the molecule is CCC1(C(=O)N(CC(N)=O)C2CCNC2)CCCC1. The van der Waals surface area contributed by atoms with Crippen LogP contribution in [0.5, 0.6) is 0 Å². The van der Waals surface area contributed by atoms with Gasteiger partial charge >= 0.3 is 0 Å². The van der Waals surface area contributed by atoms with Gasteiger partial charge in [0, 0.05) is 18.0 Å². The van der Waals surface area contributed by atoms with E-state index >= 15 is 0 Å². The summed E-state index contributed by atoms with van der Waals surface area (Å²) in [7, 11) is 0. The van der Waals surface area contributed by atoms with Gasteiger partial charge in [-0.1, -0.05) is 19.8 Å². The summed E-state index contributed by atoms with van der Waals surface area (Å²) in [5.41, 5.74) is 5.09. The Morgan fingerprint density at radius 2 is 2.05 bits per heavy atom. The summed E-state index contributed by atoms with van der Waals surface area (Å²) in [5.74, 6) is -0.260. The van der Waals surface area contributed by atoms with E-state index in [0.717, 1.165) is 51.6 Å². The quantitative estimate of drug-likeness (QED) is 0.767. The molecule has 0 bridgehead atoms. The monoisotopic (exact) mass is 267 g/mol. The average molecular weight is 267 g/mol. The number of amides is 2. The van der Waals surface area contributed by atoms with Gasteiger partial charge in [-0.15, -0.1) is 0 Å². The molecule has 2 aliphatic rings. The first-order valence-electron chi connectivity index (χ1n) is 7.39. The van der Waals surface area contributed by atoms with Gasteiger partial charge in [0.25, 0.3) is 0 Å². The molecule has 2 fully saturated rings. The van der Waals surface area contributed by atoms with Crippen LogP contribution in [0, 0.1) is 5.41 Å². The second kappa shape index (κ2) is 5.90. The Bertz CT molecular complexity index is 345. The van der Waals surface area contributed by atoms with Crippen molar-refractivity contribution in [1.29, 1.82) is 0 Å². The van der Waals surface area contributed by atoms with Crippen molar-refractivity contribution in [3.05, 3.63) is 0 Å². The van der Waals surface area contributed by atoms with Crippen molar-refractivity contribution < 1.29 is 9.59 Å². The maximum absolute atomic E-state index is 12.9. The molecule has 1 heterocycles. The van der Waals surface area contributed by atoms with Crippen LogP contribution in [0.4, 0.5) is 0 Å². The highest BCUT2D eigenvalue weighted by Gasteiger charge is 2.44. The van der Waals surface area contributed by atoms with Crippen LogP contribution >= 0.6 is 0 Å². The molecule has 1 saturated carbocycles. The molecule has 0 aromatic heterocycles. The molecule has 1 aliphatic heterocycles. The number of nitrogens with zero attached hydrogens (tertiary/aromatic N) is 1. The first-order valence-corrected chi connectivity index (χ1v) is 7.39. The maximum atomic E-state index is 12.9. The Kier molecular flexibility index (Phi) is 4.45. The highest BCUT2D eigenvalue weighted by molar-refractivity contribution is 5.88. The number of carbonyl (C=O) groups excluding carboxylic acids is 2. The lowest BCUT2D eigenvalue weighted by atomic mass is 9.81. The normalized spacial score (nSPS) is 25.4. The Morgan fingerprint density at radius 1 is 1.37 bits per heavy atom. The molecule has 5 nitrogen and oxygen atoms in total. The molecule has 0 radical (unpaired) electrons. The van der Waals surface area contributed by atoms with Crippen LogP contribution in [-0.2, 0) is 9.59 Å². The van der Waals surface area contributed by atoms with E-state index in [1.54, 1.807) is 4.90 Å². The van der Waals surface area contributed by atoms with Crippen LogP contribution < -0.4 is 11.1 Å². The molecule has 19 heavy (non-hydrogen) atoms. The van der Waals surface area contributed by atoms with Gasteiger partial charge in [-0.2, -0.15) is 0 Å². The minimum absolute atomic E-state index is 0.0624. The Hall–Kier alpha value is -1.10. The smallest absolute Gasteiger partial charge is 0.237 e. The zero-order valence-corrected chi connectivity index (χ0v) is 11.8. The minimum atomic E-state index is -0.412. The third kappa shape index (κ3) is 2.91. The van der Waals surface area contributed by atoms with Gasteiger partial charge in [0.1, 0.15) is 0 Å². The number of rotatable bonds is 5. The second-order valence-corrected chi connectivity index (χ2v) is 5.89. The molecular weight excluding hydrogens is 242 g/mol. The number of primary amides is 1. The summed E-state index contributed by atoms with van der Waals surface area (Å²) in [5, 5.41) is 3.26. The second-order valence-electron chi connectivity index (χ2n) is 5.89. The van der Waals surface area contributed by atoms with Crippen LogP contribution in [0.3, 0.4) is 0 Å². The van der Waals surface area contributed by atoms with Crippen molar-refractivity contribution in [3.8, 4) is 0 Å². The molecular formula is C14H25N3O2. The summed E-state index contributed by atoms with van der Waals surface area (Å²) in [6.45, 7) is 3.83. The molecule has 1 unspecified atom stereocenters. The third-order valence-corrected chi connectivity index (χ3v) is 4.75. The lowest BCUT2D eigenvalue weighted by Gasteiger charge is -2.36. The average Bonchev–Trinajstić information content (AvgIpc) is 3.06. The van der Waals surface area contributed by atoms with Gasteiger partial charge in [-0.25, -0.2) is 0 Å². The predicted octanol–water partition coefficient (Wildman–Crippen LogP) is 0.633. The van der Waals surface area contributed by atoms with Gasteiger partial charge in [-0.05, 0) is 32.2 Å². The molecule has 1 atom stereocenters. The lowest BCUT2D eigenvalue weighted by molar-refractivity contribution is -0.146. The standard InChI is InChI=1S/C14H25N3O2/c1-2-14(6-3-4-7-14)13(19)17(10-12(15)18)11-5-8-16-9-11/h11,16H,2-10H2,1H3,(H2,15,18). The molecule has 0 aromatic carbocycles. The van der Waals surface area contributed by atoms with Crippen molar-refractivity contribution in [1.82, 2.24) is 10.2 Å². The summed E-state index contributed by atoms with van der Waals surface area (Å²) in [4.78, 5) is 25.9. The van der Waals surface area contributed by atoms with Crippen molar-refractivity contribution in [2.24, 2.45) is 11.1 Å². The number of nitrogens with one attached hydrogen (secondary N) is 1. The van der Waals surface area contributed by atoms with Crippen molar-refractivity contribution in [2.45, 2.75) is 51.5 Å². The molecule has 1 aliphatic carbocycles. The van der Waals surface area contributed by atoms with E-state index in [0.29, 0.717) is 0 Å². The largest absolute Gasteiger partial charge is 0.368 e. The molecule has 1 saturated heterocycles. The van der Waals surface area contributed by atoms with Crippen molar-refractivity contribution in [3.63, 3.8) is 0 Å². The zero-order chi connectivity index (χ0) is 13.9. The van der Waals surface area contributed by atoms with Gasteiger partial charge in [0.15, 0.2) is 0 Å². The van der Waals surface area contributed by atoms with Crippen LogP contribution in [0.2, 0.25) is 0 Å². The Morgan fingerprint density at radius 3 is 2.53 bits per heavy atom. The third-order valence-electron chi connectivity index (χ3n) is 4.75. The van der Waals surface area contributed by atoms with E-state index in [4.69, 9.17) is 5.73 Å². The first-order chi connectivity index (χ1) is 9.09. The topological polar surface area (TPSA) is 75.4 Å². The predicted molar refractivity (Wildman–Crippen MR) is 73.4 cm³/mol. The first kappa shape index (κ1) is 14.3. The molecule has 3 N–H and O–H groups in total. The van der Waals surface area contributed by atoms with Crippen LogP contribution in [0.1, 0.15) is 45.4 Å². The number of hydrogen-bond donors (Lipinski definition) is 2. The van der Waals surface area contributed by atoms with Gasteiger partial charge in [0.05, 0.1) is 6.54 Å². The van der Waals surface area contributed by atoms with Crippen LogP contribution in [0.15, 0.2) is 0 Å². The van der Waals surface area contributed by atoms with Crippen LogP contribution in [0.25, 0.3) is 0 Å².